The topological polar surface area (TPSA) is 75.5 Å². The van der Waals surface area contributed by atoms with Gasteiger partial charge >= 0.3 is 0 Å². The normalized spacial score (nSPS) is 18.3. The highest BCUT2D eigenvalue weighted by Gasteiger charge is 2.32. The molecule has 0 aliphatic carbocycles. The lowest BCUT2D eigenvalue weighted by atomic mass is 10.1. The Labute approximate surface area is 115 Å². The molecule has 0 radical (unpaired) electrons. The molecular weight excluding hydrogens is 265 g/mol. The maximum absolute atomic E-state index is 13.1. The van der Waals surface area contributed by atoms with E-state index in [-0.39, 0.29) is 11.6 Å². The minimum Gasteiger partial charge on any atom is -0.334 e. The Balaban J connectivity index is 2.31. The number of nitrogens with zero attached hydrogens (tertiary/aromatic N) is 2. The summed E-state index contributed by atoms with van der Waals surface area (Å²) in [5.74, 6) is -1.13. The number of hydrogen-bond acceptors (Lipinski definition) is 4. The van der Waals surface area contributed by atoms with E-state index in [1.807, 2.05) is 0 Å². The Morgan fingerprint density at radius 2 is 2.35 bits per heavy atom. The van der Waals surface area contributed by atoms with Crippen LogP contribution >= 0.6 is 0 Å². The average Bonchev–Trinajstić information content (AvgIpc) is 2.86. The predicted molar refractivity (Wildman–Crippen MR) is 71.0 cm³/mol. The fourth-order valence-electron chi connectivity index (χ4n) is 2.54. The summed E-state index contributed by atoms with van der Waals surface area (Å²) in [6, 6.07) is 3.07. The van der Waals surface area contributed by atoms with Gasteiger partial charge in [0.15, 0.2) is 0 Å². The Hall–Kier alpha value is -2.02. The lowest BCUT2D eigenvalue weighted by Crippen LogP contribution is -2.41. The number of amides is 1. The summed E-state index contributed by atoms with van der Waals surface area (Å²) in [4.78, 5) is 24.3. The van der Waals surface area contributed by atoms with Gasteiger partial charge in [-0.3, -0.25) is 14.9 Å². The van der Waals surface area contributed by atoms with Gasteiger partial charge < -0.3 is 10.2 Å². The molecule has 20 heavy (non-hydrogen) atoms. The van der Waals surface area contributed by atoms with Crippen LogP contribution in [-0.4, -0.2) is 41.9 Å². The van der Waals surface area contributed by atoms with Crippen molar-refractivity contribution < 1.29 is 14.1 Å². The molecule has 7 heteroatoms. The first-order chi connectivity index (χ1) is 9.54. The first-order valence-electron chi connectivity index (χ1n) is 6.44. The molecule has 1 heterocycles. The third-order valence-electron chi connectivity index (χ3n) is 3.46. The van der Waals surface area contributed by atoms with Crippen molar-refractivity contribution in [2.75, 3.05) is 20.1 Å². The second kappa shape index (κ2) is 5.96. The van der Waals surface area contributed by atoms with Gasteiger partial charge in [-0.1, -0.05) is 0 Å². The van der Waals surface area contributed by atoms with E-state index in [2.05, 4.69) is 5.32 Å². The second-order valence-corrected chi connectivity index (χ2v) is 4.77. The standard InChI is InChI=1S/C13H16FN3O3/c1-15-8-10-3-2-6-16(10)13(18)11-5-4-9(14)7-12(11)17(19)20/h4-5,7,10,15H,2-3,6,8H2,1H3. The number of benzene rings is 1. The fraction of sp³-hybridized carbons (Fsp3) is 0.462. The molecule has 1 aromatic carbocycles. The molecule has 108 valence electrons. The number of likely N-dealkylation sites (tertiary alicyclic amines) is 1. The highest BCUT2D eigenvalue weighted by atomic mass is 19.1. The first-order valence-corrected chi connectivity index (χ1v) is 6.44. The Kier molecular flexibility index (Phi) is 4.29. The number of nitrogens with one attached hydrogen (secondary N) is 1. The van der Waals surface area contributed by atoms with Crippen LogP contribution in [0.4, 0.5) is 10.1 Å². The largest absolute Gasteiger partial charge is 0.334 e. The third-order valence-corrected chi connectivity index (χ3v) is 3.46. The van der Waals surface area contributed by atoms with Gasteiger partial charge in [-0.15, -0.1) is 0 Å². The average molecular weight is 281 g/mol. The van der Waals surface area contributed by atoms with E-state index < -0.39 is 22.3 Å². The van der Waals surface area contributed by atoms with E-state index in [9.17, 15) is 19.3 Å². The van der Waals surface area contributed by atoms with Gasteiger partial charge in [-0.25, -0.2) is 4.39 Å². The molecule has 2 rings (SSSR count). The Morgan fingerprint density at radius 3 is 3.00 bits per heavy atom. The zero-order valence-corrected chi connectivity index (χ0v) is 11.1. The van der Waals surface area contributed by atoms with Crippen LogP contribution in [-0.2, 0) is 0 Å². The number of halogens is 1. The number of carbonyl (C=O) groups is 1. The number of likely N-dealkylation sites (N-methyl/N-ethyl adjacent to an activating group) is 1. The van der Waals surface area contributed by atoms with Crippen LogP contribution in [0, 0.1) is 15.9 Å². The molecule has 1 unspecified atom stereocenters. The van der Waals surface area contributed by atoms with Gasteiger partial charge in [0.25, 0.3) is 11.6 Å². The molecule has 1 saturated heterocycles. The molecule has 1 amide bonds. The van der Waals surface area contributed by atoms with Crippen LogP contribution in [0.2, 0.25) is 0 Å². The van der Waals surface area contributed by atoms with Crippen LogP contribution in [0.15, 0.2) is 18.2 Å². The molecule has 0 aromatic heterocycles. The monoisotopic (exact) mass is 281 g/mol. The predicted octanol–water partition coefficient (Wildman–Crippen LogP) is 1.56. The van der Waals surface area contributed by atoms with Gasteiger partial charge in [0.1, 0.15) is 11.4 Å². The zero-order chi connectivity index (χ0) is 14.7. The fourth-order valence-corrected chi connectivity index (χ4v) is 2.54. The number of nitro benzene ring substituents is 1. The number of nitro groups is 1. The van der Waals surface area contributed by atoms with Crippen molar-refractivity contribution in [3.8, 4) is 0 Å². The maximum atomic E-state index is 13.1. The van der Waals surface area contributed by atoms with Gasteiger partial charge in [0.05, 0.1) is 11.0 Å². The molecule has 0 bridgehead atoms. The summed E-state index contributed by atoms with van der Waals surface area (Å²) < 4.78 is 13.1. The summed E-state index contributed by atoms with van der Waals surface area (Å²) in [5, 5.41) is 14.0. The quantitative estimate of drug-likeness (QED) is 0.671. The van der Waals surface area contributed by atoms with E-state index in [0.717, 1.165) is 25.0 Å². The van der Waals surface area contributed by atoms with Gasteiger partial charge in [0.2, 0.25) is 0 Å². The third kappa shape index (κ3) is 2.77. The van der Waals surface area contributed by atoms with Crippen LogP contribution in [0.5, 0.6) is 0 Å². The molecule has 1 atom stereocenters. The van der Waals surface area contributed by atoms with Crippen molar-refractivity contribution in [3.63, 3.8) is 0 Å². The maximum Gasteiger partial charge on any atom is 0.285 e. The van der Waals surface area contributed by atoms with Crippen molar-refractivity contribution in [2.24, 2.45) is 0 Å². The van der Waals surface area contributed by atoms with E-state index in [1.165, 1.54) is 6.07 Å². The summed E-state index contributed by atoms with van der Waals surface area (Å²) in [5.41, 5.74) is -0.537. The zero-order valence-electron chi connectivity index (χ0n) is 11.1. The first kappa shape index (κ1) is 14.4. The molecule has 1 aliphatic rings. The van der Waals surface area contributed by atoms with Gasteiger partial charge in [0, 0.05) is 19.1 Å². The molecule has 0 spiro atoms. The van der Waals surface area contributed by atoms with Crippen molar-refractivity contribution in [2.45, 2.75) is 18.9 Å². The molecule has 1 aromatic rings. The SMILES string of the molecule is CNCC1CCCN1C(=O)c1ccc(F)cc1[N+](=O)[O-]. The van der Waals surface area contributed by atoms with E-state index in [0.29, 0.717) is 13.1 Å². The van der Waals surface area contributed by atoms with Crippen LogP contribution < -0.4 is 5.32 Å². The Morgan fingerprint density at radius 1 is 1.60 bits per heavy atom. The molecule has 6 nitrogen and oxygen atoms in total. The minimum absolute atomic E-state index is 0.0251. The van der Waals surface area contributed by atoms with Crippen molar-refractivity contribution in [1.82, 2.24) is 10.2 Å². The highest BCUT2D eigenvalue weighted by molar-refractivity contribution is 5.98. The minimum atomic E-state index is -0.723. The molecular formula is C13H16FN3O3. The van der Waals surface area contributed by atoms with E-state index in [1.54, 1.807) is 11.9 Å². The molecule has 1 fully saturated rings. The number of hydrogen-bond donors (Lipinski definition) is 1. The Bertz CT molecular complexity index is 536. The summed E-state index contributed by atoms with van der Waals surface area (Å²) in [6.07, 6.45) is 1.73. The smallest absolute Gasteiger partial charge is 0.285 e. The van der Waals surface area contributed by atoms with E-state index in [4.69, 9.17) is 0 Å². The molecule has 1 aliphatic heterocycles. The number of rotatable bonds is 4. The van der Waals surface area contributed by atoms with Crippen molar-refractivity contribution in [3.05, 3.63) is 39.7 Å². The summed E-state index contributed by atoms with van der Waals surface area (Å²) in [6.45, 7) is 1.21. The van der Waals surface area contributed by atoms with Crippen molar-refractivity contribution in [1.29, 1.82) is 0 Å². The summed E-state index contributed by atoms with van der Waals surface area (Å²) in [7, 11) is 1.79. The number of carbonyl (C=O) groups excluding carboxylic acids is 1. The lowest BCUT2D eigenvalue weighted by Gasteiger charge is -2.24. The second-order valence-electron chi connectivity index (χ2n) is 4.77. The van der Waals surface area contributed by atoms with Gasteiger partial charge in [-0.05, 0) is 32.0 Å². The molecule has 0 saturated carbocycles. The van der Waals surface area contributed by atoms with Crippen LogP contribution in [0.25, 0.3) is 0 Å². The van der Waals surface area contributed by atoms with Crippen LogP contribution in [0.3, 0.4) is 0 Å². The van der Waals surface area contributed by atoms with E-state index >= 15 is 0 Å². The summed E-state index contributed by atoms with van der Waals surface area (Å²) >= 11 is 0. The lowest BCUT2D eigenvalue weighted by molar-refractivity contribution is -0.385. The van der Waals surface area contributed by atoms with Gasteiger partial charge in [-0.2, -0.15) is 0 Å². The van der Waals surface area contributed by atoms with Crippen LogP contribution in [0.1, 0.15) is 23.2 Å². The highest BCUT2D eigenvalue weighted by Crippen LogP contribution is 2.25. The van der Waals surface area contributed by atoms with Crippen molar-refractivity contribution >= 4 is 11.6 Å². The molecule has 1 N–H and O–H groups in total.